The lowest BCUT2D eigenvalue weighted by atomic mass is 10.1. The molecule has 18 heavy (non-hydrogen) atoms. The topological polar surface area (TPSA) is 33.1 Å². The van der Waals surface area contributed by atoms with Crippen LogP contribution in [0.25, 0.3) is 0 Å². The van der Waals surface area contributed by atoms with Gasteiger partial charge >= 0.3 is 0 Å². The molecule has 2 nitrogen and oxygen atoms in total. The van der Waals surface area contributed by atoms with E-state index in [0.717, 1.165) is 15.7 Å². The first-order chi connectivity index (χ1) is 8.79. The molecular formula is C13H10FNOS2. The molecule has 2 aromatic rings. The van der Waals surface area contributed by atoms with Crippen LogP contribution in [0.1, 0.15) is 11.1 Å². The third kappa shape index (κ3) is 3.57. The third-order valence-corrected chi connectivity index (χ3v) is 4.14. The Hall–Kier alpha value is -1.35. The number of rotatable bonds is 3. The maximum atomic E-state index is 13.4. The lowest BCUT2D eigenvalue weighted by molar-refractivity contribution is 0.350. The van der Waals surface area contributed by atoms with Crippen LogP contribution in [0, 0.1) is 17.7 Å². The van der Waals surface area contributed by atoms with Gasteiger partial charge < -0.3 is 5.11 Å². The van der Waals surface area contributed by atoms with Crippen LogP contribution in [0.4, 0.5) is 4.39 Å². The number of hydrogen-bond acceptors (Lipinski definition) is 4. The van der Waals surface area contributed by atoms with E-state index in [1.165, 1.54) is 6.07 Å². The molecule has 0 aliphatic rings. The summed E-state index contributed by atoms with van der Waals surface area (Å²) < 4.78 is 14.4. The molecule has 0 radical (unpaired) electrons. The molecule has 2 rings (SSSR count). The van der Waals surface area contributed by atoms with Gasteiger partial charge in [0.2, 0.25) is 0 Å². The maximum absolute atomic E-state index is 13.4. The van der Waals surface area contributed by atoms with E-state index in [4.69, 9.17) is 5.11 Å². The van der Waals surface area contributed by atoms with Crippen LogP contribution in [-0.2, 0) is 5.75 Å². The molecule has 5 heteroatoms. The van der Waals surface area contributed by atoms with Crippen molar-refractivity contribution in [1.82, 2.24) is 4.98 Å². The second-order valence-electron chi connectivity index (χ2n) is 3.36. The molecule has 0 fully saturated rings. The van der Waals surface area contributed by atoms with Gasteiger partial charge in [-0.15, -0.1) is 11.3 Å². The number of aromatic nitrogens is 1. The zero-order valence-corrected chi connectivity index (χ0v) is 11.0. The minimum Gasteiger partial charge on any atom is -0.384 e. The van der Waals surface area contributed by atoms with Crippen molar-refractivity contribution in [2.24, 2.45) is 0 Å². The first kappa shape index (κ1) is 13.1. The van der Waals surface area contributed by atoms with Crippen molar-refractivity contribution in [3.05, 3.63) is 46.7 Å². The highest BCUT2D eigenvalue weighted by molar-refractivity contribution is 8.00. The summed E-state index contributed by atoms with van der Waals surface area (Å²) in [6.07, 6.45) is 1.76. The predicted molar refractivity (Wildman–Crippen MR) is 72.0 cm³/mol. The summed E-state index contributed by atoms with van der Waals surface area (Å²) in [7, 11) is 0. The number of nitrogens with zero attached hydrogens (tertiary/aromatic N) is 1. The minimum atomic E-state index is -0.362. The Kier molecular flexibility index (Phi) is 4.76. The van der Waals surface area contributed by atoms with Crippen LogP contribution in [0.3, 0.4) is 0 Å². The van der Waals surface area contributed by atoms with Crippen LogP contribution in [0.15, 0.2) is 34.1 Å². The summed E-state index contributed by atoms with van der Waals surface area (Å²) in [4.78, 5) is 4.17. The largest absolute Gasteiger partial charge is 0.384 e. The van der Waals surface area contributed by atoms with Crippen LogP contribution < -0.4 is 0 Å². The van der Waals surface area contributed by atoms with Gasteiger partial charge in [0.15, 0.2) is 0 Å². The zero-order valence-electron chi connectivity index (χ0n) is 9.39. The van der Waals surface area contributed by atoms with E-state index in [2.05, 4.69) is 16.8 Å². The molecule has 0 saturated heterocycles. The van der Waals surface area contributed by atoms with Crippen molar-refractivity contribution in [2.45, 2.75) is 10.1 Å². The normalized spacial score (nSPS) is 9.89. The summed E-state index contributed by atoms with van der Waals surface area (Å²) in [6.45, 7) is -0.266. The summed E-state index contributed by atoms with van der Waals surface area (Å²) >= 11 is 3.19. The molecule has 1 aromatic heterocycles. The average Bonchev–Trinajstić information content (AvgIpc) is 2.89. The number of benzene rings is 1. The number of thiazole rings is 1. The molecule has 1 heterocycles. The van der Waals surface area contributed by atoms with Gasteiger partial charge in [-0.2, -0.15) is 0 Å². The van der Waals surface area contributed by atoms with Gasteiger partial charge in [0.05, 0.1) is 5.56 Å². The molecule has 0 amide bonds. The molecule has 0 aliphatic heterocycles. The summed E-state index contributed by atoms with van der Waals surface area (Å²) in [5.41, 5.74) is 1.31. The Labute approximate surface area is 113 Å². The van der Waals surface area contributed by atoms with Crippen molar-refractivity contribution in [3.63, 3.8) is 0 Å². The van der Waals surface area contributed by atoms with Crippen molar-refractivity contribution < 1.29 is 9.50 Å². The van der Waals surface area contributed by atoms with E-state index in [1.807, 2.05) is 5.38 Å². The standard InChI is InChI=1S/C13H10FNOS2/c14-12-4-3-10(8-11(12)2-1-6-16)9-18-13-15-5-7-17-13/h3-5,7-8,16H,6,9H2. The summed E-state index contributed by atoms with van der Waals surface area (Å²) in [5.74, 6) is 5.41. The van der Waals surface area contributed by atoms with Crippen molar-refractivity contribution in [3.8, 4) is 11.8 Å². The second kappa shape index (κ2) is 6.55. The maximum Gasteiger partial charge on any atom is 0.150 e. The second-order valence-corrected chi connectivity index (χ2v) is 5.48. The quantitative estimate of drug-likeness (QED) is 0.693. The van der Waals surface area contributed by atoms with E-state index < -0.39 is 0 Å². The first-order valence-corrected chi connectivity index (χ1v) is 7.06. The summed E-state index contributed by atoms with van der Waals surface area (Å²) in [6, 6.07) is 4.85. The first-order valence-electron chi connectivity index (χ1n) is 5.20. The molecule has 0 unspecified atom stereocenters. The Balaban J connectivity index is 2.09. The molecule has 0 spiro atoms. The highest BCUT2D eigenvalue weighted by Crippen LogP contribution is 2.25. The predicted octanol–water partition coefficient (Wildman–Crippen LogP) is 2.92. The minimum absolute atomic E-state index is 0.266. The number of aliphatic hydroxyl groups excluding tert-OH is 1. The molecule has 1 N–H and O–H groups in total. The molecule has 92 valence electrons. The van der Waals surface area contributed by atoms with E-state index in [0.29, 0.717) is 5.56 Å². The van der Waals surface area contributed by atoms with Crippen LogP contribution in [-0.4, -0.2) is 16.7 Å². The molecule has 1 aromatic carbocycles. The van der Waals surface area contributed by atoms with Gasteiger partial charge in [-0.05, 0) is 17.7 Å². The fourth-order valence-corrected chi connectivity index (χ4v) is 2.90. The van der Waals surface area contributed by atoms with E-state index >= 15 is 0 Å². The fraction of sp³-hybridized carbons (Fsp3) is 0.154. The average molecular weight is 279 g/mol. The molecule has 0 bridgehead atoms. The van der Waals surface area contributed by atoms with Gasteiger partial charge in [-0.1, -0.05) is 29.7 Å². The van der Waals surface area contributed by atoms with Crippen LogP contribution in [0.2, 0.25) is 0 Å². The lowest BCUT2D eigenvalue weighted by Gasteiger charge is -2.01. The third-order valence-electron chi connectivity index (χ3n) is 2.10. The van der Waals surface area contributed by atoms with Crippen molar-refractivity contribution in [1.29, 1.82) is 0 Å². The molecule has 0 saturated carbocycles. The van der Waals surface area contributed by atoms with Crippen LogP contribution >= 0.6 is 23.1 Å². The van der Waals surface area contributed by atoms with E-state index in [-0.39, 0.29) is 12.4 Å². The number of thioether (sulfide) groups is 1. The van der Waals surface area contributed by atoms with Crippen LogP contribution in [0.5, 0.6) is 0 Å². The van der Waals surface area contributed by atoms with Gasteiger partial charge in [-0.25, -0.2) is 9.37 Å². The Morgan fingerprint density at radius 3 is 3.06 bits per heavy atom. The van der Waals surface area contributed by atoms with E-state index in [9.17, 15) is 4.39 Å². The Bertz CT molecular complexity index is 572. The van der Waals surface area contributed by atoms with Gasteiger partial charge in [0, 0.05) is 17.3 Å². The fourth-order valence-electron chi connectivity index (χ4n) is 1.32. The Morgan fingerprint density at radius 1 is 1.44 bits per heavy atom. The van der Waals surface area contributed by atoms with Gasteiger partial charge in [0.25, 0.3) is 0 Å². The molecule has 0 aliphatic carbocycles. The zero-order chi connectivity index (χ0) is 12.8. The highest BCUT2D eigenvalue weighted by atomic mass is 32.2. The van der Waals surface area contributed by atoms with Crippen molar-refractivity contribution in [2.75, 3.05) is 6.61 Å². The highest BCUT2D eigenvalue weighted by Gasteiger charge is 2.03. The van der Waals surface area contributed by atoms with Crippen molar-refractivity contribution >= 4 is 23.1 Å². The number of halogens is 1. The lowest BCUT2D eigenvalue weighted by Crippen LogP contribution is -1.88. The Morgan fingerprint density at radius 2 is 2.33 bits per heavy atom. The SMILES string of the molecule is OCC#Cc1cc(CSc2nccs2)ccc1F. The summed E-state index contributed by atoms with van der Waals surface area (Å²) in [5, 5.41) is 10.5. The van der Waals surface area contributed by atoms with Gasteiger partial charge in [0.1, 0.15) is 16.8 Å². The molecule has 0 atom stereocenters. The smallest absolute Gasteiger partial charge is 0.150 e. The monoisotopic (exact) mass is 279 g/mol. The molecular weight excluding hydrogens is 269 g/mol. The number of hydrogen-bond donors (Lipinski definition) is 1. The van der Waals surface area contributed by atoms with Gasteiger partial charge in [-0.3, -0.25) is 0 Å². The van der Waals surface area contributed by atoms with E-state index in [1.54, 1.807) is 41.4 Å². The number of aliphatic hydroxyl groups is 1.